The van der Waals surface area contributed by atoms with Crippen molar-refractivity contribution in [1.29, 1.82) is 0 Å². The van der Waals surface area contributed by atoms with Crippen LogP contribution in [-0.2, 0) is 0 Å². The molecule has 0 aromatic carbocycles. The number of rotatable bonds is 2. The molecule has 4 nitrogen and oxygen atoms in total. The van der Waals surface area contributed by atoms with Crippen LogP contribution >= 0.6 is 11.8 Å². The highest BCUT2D eigenvalue weighted by Gasteiger charge is 2.26. The molecule has 2 heterocycles. The van der Waals surface area contributed by atoms with Gasteiger partial charge in [0.15, 0.2) is 0 Å². The molecule has 0 aliphatic carbocycles. The number of hydrogen-bond donors (Lipinski definition) is 1. The first-order valence-corrected chi connectivity index (χ1v) is 6.72. The Bertz CT molecular complexity index is 407. The third-order valence-corrected chi connectivity index (χ3v) is 4.51. The Hall–Kier alpha value is -1.23. The van der Waals surface area contributed by atoms with Crippen LogP contribution in [0.4, 0.5) is 5.82 Å². The van der Waals surface area contributed by atoms with Crippen molar-refractivity contribution in [2.45, 2.75) is 25.1 Å². The van der Waals surface area contributed by atoms with Crippen LogP contribution in [0.3, 0.4) is 0 Å². The number of nitrogens with zero attached hydrogens (tertiary/aromatic N) is 2. The number of aromatic carboxylic acids is 1. The van der Waals surface area contributed by atoms with Gasteiger partial charge in [-0.2, -0.15) is 11.8 Å². The summed E-state index contributed by atoms with van der Waals surface area (Å²) in [5, 5.41) is 9.40. The second-order valence-corrected chi connectivity index (χ2v) is 5.71. The lowest BCUT2D eigenvalue weighted by Gasteiger charge is -2.38. The molecule has 0 spiro atoms. The summed E-state index contributed by atoms with van der Waals surface area (Å²) >= 11 is 1.97. The van der Waals surface area contributed by atoms with Crippen molar-refractivity contribution in [2.75, 3.05) is 17.2 Å². The van der Waals surface area contributed by atoms with E-state index in [2.05, 4.69) is 23.7 Å². The van der Waals surface area contributed by atoms with Gasteiger partial charge in [0.1, 0.15) is 5.82 Å². The van der Waals surface area contributed by atoms with Gasteiger partial charge in [0.05, 0.1) is 5.56 Å². The van der Waals surface area contributed by atoms with Gasteiger partial charge in [0, 0.05) is 29.8 Å². The van der Waals surface area contributed by atoms with Gasteiger partial charge in [-0.05, 0) is 19.1 Å². The Morgan fingerprint density at radius 2 is 2.29 bits per heavy atom. The van der Waals surface area contributed by atoms with E-state index in [9.17, 15) is 4.79 Å². The second kappa shape index (κ2) is 4.96. The Morgan fingerprint density at radius 3 is 2.88 bits per heavy atom. The molecular formula is C12H16N2O2S. The Kier molecular flexibility index (Phi) is 3.57. The predicted molar refractivity (Wildman–Crippen MR) is 69.9 cm³/mol. The summed E-state index contributed by atoms with van der Waals surface area (Å²) in [4.78, 5) is 17.2. The van der Waals surface area contributed by atoms with Crippen molar-refractivity contribution >= 4 is 23.5 Å². The van der Waals surface area contributed by atoms with Crippen LogP contribution in [0.5, 0.6) is 0 Å². The van der Waals surface area contributed by atoms with Crippen molar-refractivity contribution in [1.82, 2.24) is 4.98 Å². The van der Waals surface area contributed by atoms with Crippen LogP contribution < -0.4 is 4.90 Å². The Morgan fingerprint density at radius 1 is 1.53 bits per heavy atom. The minimum absolute atomic E-state index is 0.237. The predicted octanol–water partition coefficient (Wildman–Crippen LogP) is 2.11. The lowest BCUT2D eigenvalue weighted by Crippen LogP contribution is -2.45. The number of pyridine rings is 1. The molecule has 1 aromatic heterocycles. The van der Waals surface area contributed by atoms with Crippen LogP contribution in [0.1, 0.15) is 24.2 Å². The number of hydrogen-bond acceptors (Lipinski definition) is 4. The van der Waals surface area contributed by atoms with Crippen molar-refractivity contribution in [3.63, 3.8) is 0 Å². The summed E-state index contributed by atoms with van der Waals surface area (Å²) in [6, 6.07) is 3.84. The molecule has 1 aromatic rings. The average Bonchev–Trinajstić information content (AvgIpc) is 2.33. The number of thioether (sulfide) groups is 1. The first-order chi connectivity index (χ1) is 8.09. The van der Waals surface area contributed by atoms with Crippen LogP contribution in [0.2, 0.25) is 0 Å². The molecular weight excluding hydrogens is 236 g/mol. The monoisotopic (exact) mass is 252 g/mol. The van der Waals surface area contributed by atoms with E-state index in [1.807, 2.05) is 11.8 Å². The van der Waals surface area contributed by atoms with Gasteiger partial charge in [-0.25, -0.2) is 9.78 Å². The first kappa shape index (κ1) is 12.2. The summed E-state index contributed by atoms with van der Waals surface area (Å²) in [5.74, 6) is 1.03. The number of carbonyl (C=O) groups is 1. The van der Waals surface area contributed by atoms with Crippen LogP contribution in [-0.4, -0.2) is 39.6 Å². The van der Waals surface area contributed by atoms with E-state index in [-0.39, 0.29) is 5.56 Å². The van der Waals surface area contributed by atoms with Crippen molar-refractivity contribution in [3.8, 4) is 0 Å². The zero-order valence-electron chi connectivity index (χ0n) is 9.96. The van der Waals surface area contributed by atoms with Crippen molar-refractivity contribution in [3.05, 3.63) is 23.9 Å². The maximum absolute atomic E-state index is 10.7. The van der Waals surface area contributed by atoms with Gasteiger partial charge < -0.3 is 10.0 Å². The smallest absolute Gasteiger partial charge is 0.337 e. The van der Waals surface area contributed by atoms with Gasteiger partial charge in [0.2, 0.25) is 0 Å². The number of aromatic nitrogens is 1. The van der Waals surface area contributed by atoms with E-state index in [1.165, 1.54) is 6.20 Å². The molecule has 0 bridgehead atoms. The maximum atomic E-state index is 10.7. The fourth-order valence-electron chi connectivity index (χ4n) is 1.94. The second-order valence-electron chi connectivity index (χ2n) is 4.22. The van der Waals surface area contributed by atoms with Crippen molar-refractivity contribution < 1.29 is 9.90 Å². The molecule has 0 saturated carbocycles. The molecule has 1 aliphatic heterocycles. The van der Waals surface area contributed by atoms with Crippen LogP contribution in [0, 0.1) is 0 Å². The average molecular weight is 252 g/mol. The minimum atomic E-state index is -0.931. The quantitative estimate of drug-likeness (QED) is 0.873. The van der Waals surface area contributed by atoms with E-state index in [1.54, 1.807) is 12.1 Å². The Labute approximate surface area is 105 Å². The summed E-state index contributed by atoms with van der Waals surface area (Å²) < 4.78 is 0. The van der Waals surface area contributed by atoms with Gasteiger partial charge in [-0.1, -0.05) is 6.92 Å². The molecule has 1 saturated heterocycles. The zero-order chi connectivity index (χ0) is 12.4. The standard InChI is InChI=1S/C12H16N2O2S/c1-8-9(2)17-6-5-14(8)11-4-3-10(7-13-11)12(15)16/h3-4,7-9H,5-6H2,1-2H3,(H,15,16). The van der Waals surface area contributed by atoms with Gasteiger partial charge in [-0.3, -0.25) is 0 Å². The summed E-state index contributed by atoms with van der Waals surface area (Å²) in [5.41, 5.74) is 0.237. The van der Waals surface area contributed by atoms with E-state index >= 15 is 0 Å². The zero-order valence-corrected chi connectivity index (χ0v) is 10.8. The van der Waals surface area contributed by atoms with Gasteiger partial charge in [-0.15, -0.1) is 0 Å². The molecule has 2 atom stereocenters. The molecule has 0 radical (unpaired) electrons. The van der Waals surface area contributed by atoms with Gasteiger partial charge in [0.25, 0.3) is 0 Å². The normalized spacial score (nSPS) is 24.7. The Balaban J connectivity index is 2.19. The van der Waals surface area contributed by atoms with E-state index in [0.717, 1.165) is 18.1 Å². The molecule has 17 heavy (non-hydrogen) atoms. The minimum Gasteiger partial charge on any atom is -0.478 e. The SMILES string of the molecule is CC1SCCN(c2ccc(C(=O)O)cn2)C1C. The first-order valence-electron chi connectivity index (χ1n) is 5.67. The third-order valence-electron chi connectivity index (χ3n) is 3.17. The van der Waals surface area contributed by atoms with Gasteiger partial charge >= 0.3 is 5.97 Å². The van der Waals surface area contributed by atoms with Crippen LogP contribution in [0.15, 0.2) is 18.3 Å². The van der Waals surface area contributed by atoms with E-state index in [4.69, 9.17) is 5.11 Å². The number of anilines is 1. The lowest BCUT2D eigenvalue weighted by molar-refractivity contribution is 0.0696. The number of carboxylic acid groups (broad SMARTS) is 1. The molecule has 0 amide bonds. The van der Waals surface area contributed by atoms with Crippen molar-refractivity contribution in [2.24, 2.45) is 0 Å². The molecule has 2 unspecified atom stereocenters. The fourth-order valence-corrected chi connectivity index (χ4v) is 3.04. The molecule has 2 rings (SSSR count). The van der Waals surface area contributed by atoms with Crippen LogP contribution in [0.25, 0.3) is 0 Å². The summed E-state index contributed by atoms with van der Waals surface area (Å²) in [7, 11) is 0. The largest absolute Gasteiger partial charge is 0.478 e. The number of carboxylic acids is 1. The summed E-state index contributed by atoms with van der Waals surface area (Å²) in [6.45, 7) is 5.37. The molecule has 1 N–H and O–H groups in total. The molecule has 5 heteroatoms. The molecule has 92 valence electrons. The van der Waals surface area contributed by atoms with E-state index < -0.39 is 5.97 Å². The molecule has 1 aliphatic rings. The summed E-state index contributed by atoms with van der Waals surface area (Å²) in [6.07, 6.45) is 1.43. The topological polar surface area (TPSA) is 53.4 Å². The highest BCUT2D eigenvalue weighted by atomic mass is 32.2. The highest BCUT2D eigenvalue weighted by Crippen LogP contribution is 2.27. The highest BCUT2D eigenvalue weighted by molar-refractivity contribution is 8.00. The maximum Gasteiger partial charge on any atom is 0.337 e. The third kappa shape index (κ3) is 2.54. The fraction of sp³-hybridized carbons (Fsp3) is 0.500. The molecule has 1 fully saturated rings. The van der Waals surface area contributed by atoms with E-state index in [0.29, 0.717) is 11.3 Å². The lowest BCUT2D eigenvalue weighted by atomic mass is 10.2.